The molecule has 5 nitrogen and oxygen atoms in total. The van der Waals surface area contributed by atoms with Crippen LogP contribution in [0.1, 0.15) is 43.7 Å². The summed E-state index contributed by atoms with van der Waals surface area (Å²) in [6.45, 7) is 10.7. The van der Waals surface area contributed by atoms with Gasteiger partial charge < -0.3 is 19.9 Å². The number of amides is 1. The van der Waals surface area contributed by atoms with Crippen LogP contribution >= 0.6 is 0 Å². The summed E-state index contributed by atoms with van der Waals surface area (Å²) in [5.74, 6) is 1.39. The summed E-state index contributed by atoms with van der Waals surface area (Å²) in [5, 5.41) is 3.40. The molecule has 3 aliphatic heterocycles. The average Bonchev–Trinajstić information content (AvgIpc) is 2.85. The van der Waals surface area contributed by atoms with Gasteiger partial charge in [-0.3, -0.25) is 4.79 Å². The van der Waals surface area contributed by atoms with Crippen LogP contribution in [0.15, 0.2) is 18.2 Å². The zero-order valence-corrected chi connectivity index (χ0v) is 16.8. The third-order valence-electron chi connectivity index (χ3n) is 6.55. The van der Waals surface area contributed by atoms with Gasteiger partial charge in [0.2, 0.25) is 5.91 Å². The van der Waals surface area contributed by atoms with E-state index in [1.165, 1.54) is 5.56 Å². The third kappa shape index (κ3) is 3.99. The molecule has 3 heterocycles. The number of nitrogens with zero attached hydrogens (tertiary/aromatic N) is 2. The molecule has 0 aliphatic carbocycles. The largest absolute Gasteiger partial charge is 0.485 e. The number of rotatable bonds is 2. The lowest BCUT2D eigenvalue weighted by Gasteiger charge is -2.43. The third-order valence-corrected chi connectivity index (χ3v) is 6.55. The molecule has 0 radical (unpaired) electrons. The molecule has 27 heavy (non-hydrogen) atoms. The summed E-state index contributed by atoms with van der Waals surface area (Å²) in [6.07, 6.45) is 4.06. The number of carbonyl (C=O) groups excluding carboxylic acids is 1. The van der Waals surface area contributed by atoms with Crippen LogP contribution in [0.2, 0.25) is 0 Å². The number of ether oxygens (including phenoxy) is 1. The molecule has 2 fully saturated rings. The highest BCUT2D eigenvalue weighted by Gasteiger charge is 2.42. The minimum Gasteiger partial charge on any atom is -0.485 e. The molecule has 1 aromatic carbocycles. The van der Waals surface area contributed by atoms with Gasteiger partial charge in [-0.25, -0.2) is 0 Å². The van der Waals surface area contributed by atoms with Crippen molar-refractivity contribution in [2.24, 2.45) is 5.92 Å². The van der Waals surface area contributed by atoms with E-state index in [1.54, 1.807) is 0 Å². The maximum absolute atomic E-state index is 13.4. The summed E-state index contributed by atoms with van der Waals surface area (Å²) in [4.78, 5) is 17.9. The highest BCUT2D eigenvalue weighted by Crippen LogP contribution is 2.36. The first-order valence-corrected chi connectivity index (χ1v) is 10.6. The Morgan fingerprint density at radius 3 is 2.85 bits per heavy atom. The van der Waals surface area contributed by atoms with E-state index in [-0.39, 0.29) is 11.5 Å². The van der Waals surface area contributed by atoms with Crippen molar-refractivity contribution < 1.29 is 9.53 Å². The Morgan fingerprint density at radius 1 is 1.33 bits per heavy atom. The van der Waals surface area contributed by atoms with E-state index in [0.717, 1.165) is 69.7 Å². The number of hydrogen-bond acceptors (Lipinski definition) is 4. The maximum atomic E-state index is 13.4. The Morgan fingerprint density at radius 2 is 2.15 bits per heavy atom. The molecule has 148 valence electrons. The normalized spacial score (nSPS) is 25.6. The van der Waals surface area contributed by atoms with Gasteiger partial charge in [-0.05, 0) is 38.9 Å². The molecular weight excluding hydrogens is 338 g/mol. The quantitative estimate of drug-likeness (QED) is 0.868. The first-order valence-electron chi connectivity index (χ1n) is 10.6. The number of carbonyl (C=O) groups is 1. The molecule has 2 saturated heterocycles. The van der Waals surface area contributed by atoms with Gasteiger partial charge in [0.05, 0.1) is 12.5 Å². The molecule has 4 rings (SSSR count). The first-order chi connectivity index (χ1) is 13.1. The maximum Gasteiger partial charge on any atom is 0.227 e. The van der Waals surface area contributed by atoms with Gasteiger partial charge in [0.15, 0.2) is 0 Å². The highest BCUT2D eigenvalue weighted by atomic mass is 16.5. The van der Waals surface area contributed by atoms with Gasteiger partial charge in [0.25, 0.3) is 0 Å². The van der Waals surface area contributed by atoms with Crippen LogP contribution < -0.4 is 10.1 Å². The van der Waals surface area contributed by atoms with Crippen LogP contribution in [0.3, 0.4) is 0 Å². The van der Waals surface area contributed by atoms with Gasteiger partial charge in [0.1, 0.15) is 11.4 Å². The number of piperidine rings is 2. The second-order valence-corrected chi connectivity index (χ2v) is 8.57. The SMILES string of the molecule is CCN1CCC2(CC1)CN(C(=O)[C@H]1CCCNC1)Cc1cc(C)ccc1O2. The van der Waals surface area contributed by atoms with Gasteiger partial charge >= 0.3 is 0 Å². The number of nitrogens with one attached hydrogen (secondary N) is 1. The molecule has 0 bridgehead atoms. The smallest absolute Gasteiger partial charge is 0.227 e. The second kappa shape index (κ2) is 7.80. The number of fused-ring (bicyclic) bond motifs is 1. The van der Waals surface area contributed by atoms with Crippen molar-refractivity contribution in [3.8, 4) is 5.75 Å². The van der Waals surface area contributed by atoms with Crippen molar-refractivity contribution in [3.63, 3.8) is 0 Å². The van der Waals surface area contributed by atoms with Crippen molar-refractivity contribution in [1.29, 1.82) is 0 Å². The van der Waals surface area contributed by atoms with E-state index < -0.39 is 0 Å². The molecule has 3 aliphatic rings. The van der Waals surface area contributed by atoms with E-state index in [2.05, 4.69) is 47.2 Å². The van der Waals surface area contributed by atoms with Crippen LogP contribution in [0, 0.1) is 12.8 Å². The summed E-state index contributed by atoms with van der Waals surface area (Å²) in [7, 11) is 0. The fraction of sp³-hybridized carbons (Fsp3) is 0.682. The molecular formula is C22H33N3O2. The molecule has 1 spiro atoms. The van der Waals surface area contributed by atoms with Crippen molar-refractivity contribution >= 4 is 5.91 Å². The topological polar surface area (TPSA) is 44.8 Å². The standard InChI is InChI=1S/C22H33N3O2/c1-3-24-11-8-22(9-12-24)16-25(21(26)18-5-4-10-23-14-18)15-19-13-17(2)6-7-20(19)27-22/h6-7,13,18,23H,3-5,8-12,14-16H2,1-2H3/t18-/m0/s1. The number of aryl methyl sites for hydroxylation is 1. The molecule has 1 aromatic rings. The van der Waals surface area contributed by atoms with Crippen molar-refractivity contribution in [2.75, 3.05) is 39.3 Å². The lowest BCUT2D eigenvalue weighted by molar-refractivity contribution is -0.140. The Hall–Kier alpha value is -1.59. The van der Waals surface area contributed by atoms with Gasteiger partial charge in [-0.15, -0.1) is 0 Å². The van der Waals surface area contributed by atoms with Crippen LogP contribution in [0.25, 0.3) is 0 Å². The Labute approximate surface area is 163 Å². The molecule has 0 unspecified atom stereocenters. The summed E-state index contributed by atoms with van der Waals surface area (Å²) >= 11 is 0. The van der Waals surface area contributed by atoms with E-state index >= 15 is 0 Å². The Balaban J connectivity index is 1.62. The van der Waals surface area contributed by atoms with Crippen molar-refractivity contribution in [1.82, 2.24) is 15.1 Å². The lowest BCUT2D eigenvalue weighted by atomic mass is 9.89. The highest BCUT2D eigenvalue weighted by molar-refractivity contribution is 5.79. The molecule has 1 amide bonds. The minimum absolute atomic E-state index is 0.109. The van der Waals surface area contributed by atoms with E-state index in [9.17, 15) is 4.79 Å². The Kier molecular flexibility index (Phi) is 5.42. The lowest BCUT2D eigenvalue weighted by Crippen LogP contribution is -2.55. The fourth-order valence-electron chi connectivity index (χ4n) is 4.82. The summed E-state index contributed by atoms with van der Waals surface area (Å²) < 4.78 is 6.66. The number of hydrogen-bond donors (Lipinski definition) is 1. The second-order valence-electron chi connectivity index (χ2n) is 8.57. The van der Waals surface area contributed by atoms with E-state index in [1.807, 2.05) is 0 Å². The molecule has 0 saturated carbocycles. The van der Waals surface area contributed by atoms with Crippen molar-refractivity contribution in [2.45, 2.75) is 51.7 Å². The van der Waals surface area contributed by atoms with E-state index in [0.29, 0.717) is 19.0 Å². The zero-order valence-electron chi connectivity index (χ0n) is 16.8. The van der Waals surface area contributed by atoms with E-state index in [4.69, 9.17) is 4.74 Å². The van der Waals surface area contributed by atoms with Crippen LogP contribution in [-0.2, 0) is 11.3 Å². The minimum atomic E-state index is -0.246. The predicted molar refractivity (Wildman–Crippen MR) is 107 cm³/mol. The molecule has 0 aromatic heterocycles. The molecule has 1 N–H and O–H groups in total. The first kappa shape index (κ1) is 18.8. The average molecular weight is 372 g/mol. The monoisotopic (exact) mass is 371 g/mol. The number of benzene rings is 1. The van der Waals surface area contributed by atoms with Gasteiger partial charge in [0, 0.05) is 44.6 Å². The summed E-state index contributed by atoms with van der Waals surface area (Å²) in [5.41, 5.74) is 2.13. The van der Waals surface area contributed by atoms with Crippen molar-refractivity contribution in [3.05, 3.63) is 29.3 Å². The van der Waals surface area contributed by atoms with Crippen LogP contribution in [0.4, 0.5) is 0 Å². The summed E-state index contributed by atoms with van der Waals surface area (Å²) in [6, 6.07) is 6.42. The van der Waals surface area contributed by atoms with Crippen LogP contribution in [0.5, 0.6) is 5.75 Å². The fourth-order valence-corrected chi connectivity index (χ4v) is 4.82. The molecule has 5 heteroatoms. The number of likely N-dealkylation sites (tertiary alicyclic amines) is 1. The predicted octanol–water partition coefficient (Wildman–Crippen LogP) is 2.57. The van der Waals surface area contributed by atoms with Crippen LogP contribution in [-0.4, -0.2) is 60.6 Å². The Bertz CT molecular complexity index is 676. The molecule has 1 atom stereocenters. The van der Waals surface area contributed by atoms with Gasteiger partial charge in [-0.1, -0.05) is 24.6 Å². The van der Waals surface area contributed by atoms with Gasteiger partial charge in [-0.2, -0.15) is 0 Å². The zero-order chi connectivity index (χ0) is 18.9.